The Morgan fingerprint density at radius 1 is 1.28 bits per heavy atom. The third-order valence-corrected chi connectivity index (χ3v) is 3.66. The van der Waals surface area contributed by atoms with E-state index in [0.29, 0.717) is 26.8 Å². The number of aromatic nitrogens is 1. The van der Waals surface area contributed by atoms with Gasteiger partial charge in [0.15, 0.2) is 0 Å². The molecule has 0 unspecified atom stereocenters. The van der Waals surface area contributed by atoms with Crippen molar-refractivity contribution in [2.75, 3.05) is 5.32 Å². The molecule has 0 fully saturated rings. The molecule has 0 saturated carbocycles. The maximum absolute atomic E-state index is 13.5. The van der Waals surface area contributed by atoms with E-state index in [2.05, 4.69) is 26.2 Å². The normalized spacial score (nSPS) is 10.4. The highest BCUT2D eigenvalue weighted by Gasteiger charge is 2.04. The molecule has 0 aliphatic carbocycles. The summed E-state index contributed by atoms with van der Waals surface area (Å²) in [6, 6.07) is 6.22. The molecule has 1 aromatic carbocycles. The van der Waals surface area contributed by atoms with E-state index in [1.807, 2.05) is 0 Å². The Labute approximate surface area is 122 Å². The van der Waals surface area contributed by atoms with Crippen LogP contribution in [0, 0.1) is 5.82 Å². The number of nitrogens with one attached hydrogen (secondary N) is 1. The summed E-state index contributed by atoms with van der Waals surface area (Å²) in [7, 11) is 0. The summed E-state index contributed by atoms with van der Waals surface area (Å²) in [6.45, 7) is 0.322. The van der Waals surface area contributed by atoms with Crippen LogP contribution in [-0.4, -0.2) is 4.98 Å². The molecule has 1 aromatic heterocycles. The second kappa shape index (κ2) is 5.87. The van der Waals surface area contributed by atoms with Crippen molar-refractivity contribution in [2.45, 2.75) is 6.54 Å². The SMILES string of the molecule is Fc1ccc(Cl)cc1CNc1cnc(Cl)c(Br)c1. The Kier molecular flexibility index (Phi) is 4.43. The molecular formula is C12H8BrCl2FN2. The largest absolute Gasteiger partial charge is 0.380 e. The number of anilines is 1. The van der Waals surface area contributed by atoms with Crippen LogP contribution in [0.5, 0.6) is 0 Å². The van der Waals surface area contributed by atoms with Crippen LogP contribution in [0.2, 0.25) is 10.2 Å². The standard InChI is InChI=1S/C12H8BrCl2FN2/c13-10-4-9(6-18-12(10)15)17-5-7-3-8(14)1-2-11(7)16/h1-4,6,17H,5H2. The van der Waals surface area contributed by atoms with E-state index in [9.17, 15) is 4.39 Å². The fraction of sp³-hybridized carbons (Fsp3) is 0.0833. The van der Waals surface area contributed by atoms with Gasteiger partial charge in [0.05, 0.1) is 16.4 Å². The van der Waals surface area contributed by atoms with Crippen molar-refractivity contribution >= 4 is 44.8 Å². The van der Waals surface area contributed by atoms with Gasteiger partial charge in [-0.15, -0.1) is 0 Å². The molecule has 6 heteroatoms. The molecule has 0 aliphatic rings. The van der Waals surface area contributed by atoms with E-state index >= 15 is 0 Å². The van der Waals surface area contributed by atoms with Crippen LogP contribution < -0.4 is 5.32 Å². The summed E-state index contributed by atoms with van der Waals surface area (Å²) in [4.78, 5) is 3.97. The summed E-state index contributed by atoms with van der Waals surface area (Å²) in [5.41, 5.74) is 1.24. The van der Waals surface area contributed by atoms with Gasteiger partial charge in [0, 0.05) is 17.1 Å². The van der Waals surface area contributed by atoms with Gasteiger partial charge in [-0.3, -0.25) is 0 Å². The molecule has 0 spiro atoms. The van der Waals surface area contributed by atoms with Gasteiger partial charge in [0.1, 0.15) is 11.0 Å². The quantitative estimate of drug-likeness (QED) is 0.797. The Balaban J connectivity index is 2.11. The zero-order chi connectivity index (χ0) is 13.1. The molecule has 2 aromatic rings. The second-order valence-corrected chi connectivity index (χ2v) is 5.23. The van der Waals surface area contributed by atoms with Crippen molar-refractivity contribution in [3.8, 4) is 0 Å². The summed E-state index contributed by atoms with van der Waals surface area (Å²) in [5.74, 6) is -0.298. The summed E-state index contributed by atoms with van der Waals surface area (Å²) in [6.07, 6.45) is 1.58. The van der Waals surface area contributed by atoms with Gasteiger partial charge in [0.2, 0.25) is 0 Å². The topological polar surface area (TPSA) is 24.9 Å². The second-order valence-electron chi connectivity index (χ2n) is 3.59. The molecule has 1 N–H and O–H groups in total. The Hall–Kier alpha value is -0.840. The van der Waals surface area contributed by atoms with Crippen LogP contribution in [0.25, 0.3) is 0 Å². The van der Waals surface area contributed by atoms with Crippen molar-refractivity contribution in [2.24, 2.45) is 0 Å². The highest BCUT2D eigenvalue weighted by molar-refractivity contribution is 9.10. The molecule has 18 heavy (non-hydrogen) atoms. The molecular weight excluding hydrogens is 342 g/mol. The van der Waals surface area contributed by atoms with Gasteiger partial charge in [-0.25, -0.2) is 9.37 Å². The lowest BCUT2D eigenvalue weighted by Gasteiger charge is -2.08. The molecule has 2 nitrogen and oxygen atoms in total. The number of nitrogens with zero attached hydrogens (tertiary/aromatic N) is 1. The van der Waals surface area contributed by atoms with E-state index in [1.54, 1.807) is 18.3 Å². The fourth-order valence-corrected chi connectivity index (χ4v) is 2.04. The molecule has 2 rings (SSSR count). The van der Waals surface area contributed by atoms with Crippen LogP contribution in [-0.2, 0) is 6.54 Å². The lowest BCUT2D eigenvalue weighted by Crippen LogP contribution is -2.02. The number of hydrogen-bond acceptors (Lipinski definition) is 2. The maximum Gasteiger partial charge on any atom is 0.143 e. The fourth-order valence-electron chi connectivity index (χ4n) is 1.39. The molecule has 0 atom stereocenters. The van der Waals surface area contributed by atoms with Crippen LogP contribution in [0.1, 0.15) is 5.56 Å². The first-order chi connectivity index (χ1) is 8.56. The van der Waals surface area contributed by atoms with E-state index in [-0.39, 0.29) is 5.82 Å². The van der Waals surface area contributed by atoms with Crippen LogP contribution in [0.4, 0.5) is 10.1 Å². The minimum Gasteiger partial charge on any atom is -0.380 e. The molecule has 0 saturated heterocycles. The molecule has 0 bridgehead atoms. The Morgan fingerprint density at radius 3 is 2.78 bits per heavy atom. The molecule has 0 amide bonds. The Bertz CT molecular complexity index is 578. The maximum atomic E-state index is 13.5. The van der Waals surface area contributed by atoms with Crippen LogP contribution >= 0.6 is 39.1 Å². The zero-order valence-corrected chi connectivity index (χ0v) is 12.2. The van der Waals surface area contributed by atoms with E-state index in [1.165, 1.54) is 12.1 Å². The smallest absolute Gasteiger partial charge is 0.143 e. The lowest BCUT2D eigenvalue weighted by atomic mass is 10.2. The minimum absolute atomic E-state index is 0.298. The lowest BCUT2D eigenvalue weighted by molar-refractivity contribution is 0.613. The van der Waals surface area contributed by atoms with Gasteiger partial charge in [0.25, 0.3) is 0 Å². The van der Waals surface area contributed by atoms with Crippen molar-refractivity contribution in [3.63, 3.8) is 0 Å². The van der Waals surface area contributed by atoms with Gasteiger partial charge in [-0.05, 0) is 40.2 Å². The first-order valence-electron chi connectivity index (χ1n) is 5.05. The van der Waals surface area contributed by atoms with Gasteiger partial charge >= 0.3 is 0 Å². The van der Waals surface area contributed by atoms with Crippen molar-refractivity contribution in [1.29, 1.82) is 0 Å². The van der Waals surface area contributed by atoms with Gasteiger partial charge in [-0.1, -0.05) is 23.2 Å². The molecule has 0 aliphatic heterocycles. The number of benzene rings is 1. The van der Waals surface area contributed by atoms with Crippen LogP contribution in [0.15, 0.2) is 34.9 Å². The summed E-state index contributed by atoms with van der Waals surface area (Å²) in [5, 5.41) is 3.93. The van der Waals surface area contributed by atoms with Crippen LogP contribution in [0.3, 0.4) is 0 Å². The third kappa shape index (κ3) is 3.34. The average Bonchev–Trinajstić information content (AvgIpc) is 2.34. The van der Waals surface area contributed by atoms with Gasteiger partial charge < -0.3 is 5.32 Å². The Morgan fingerprint density at radius 2 is 2.06 bits per heavy atom. The minimum atomic E-state index is -0.298. The number of pyridine rings is 1. The number of rotatable bonds is 3. The van der Waals surface area contributed by atoms with Crippen molar-refractivity contribution < 1.29 is 4.39 Å². The van der Waals surface area contributed by atoms with E-state index < -0.39 is 0 Å². The van der Waals surface area contributed by atoms with Gasteiger partial charge in [-0.2, -0.15) is 0 Å². The third-order valence-electron chi connectivity index (χ3n) is 2.29. The molecule has 1 heterocycles. The number of halogens is 4. The predicted octanol–water partition coefficient (Wildman–Crippen LogP) is 4.90. The highest BCUT2D eigenvalue weighted by atomic mass is 79.9. The van der Waals surface area contributed by atoms with Crippen molar-refractivity contribution in [3.05, 3.63) is 56.5 Å². The van der Waals surface area contributed by atoms with E-state index in [0.717, 1.165) is 5.69 Å². The summed E-state index contributed by atoms with van der Waals surface area (Å²) < 4.78 is 14.2. The monoisotopic (exact) mass is 348 g/mol. The molecule has 94 valence electrons. The highest BCUT2D eigenvalue weighted by Crippen LogP contribution is 2.23. The zero-order valence-electron chi connectivity index (χ0n) is 9.05. The first-order valence-corrected chi connectivity index (χ1v) is 6.60. The summed E-state index contributed by atoms with van der Waals surface area (Å²) >= 11 is 14.9. The number of hydrogen-bond donors (Lipinski definition) is 1. The average molecular weight is 350 g/mol. The van der Waals surface area contributed by atoms with Crippen molar-refractivity contribution in [1.82, 2.24) is 4.98 Å². The predicted molar refractivity (Wildman–Crippen MR) is 75.7 cm³/mol. The van der Waals surface area contributed by atoms with E-state index in [4.69, 9.17) is 23.2 Å². The molecule has 0 radical (unpaired) electrons. The first kappa shape index (κ1) is 13.6.